The Balaban J connectivity index is 2.49. The van der Waals surface area contributed by atoms with Crippen LogP contribution in [0.1, 0.15) is 5.56 Å². The van der Waals surface area contributed by atoms with E-state index < -0.39 is 16.4 Å². The van der Waals surface area contributed by atoms with Crippen molar-refractivity contribution in [2.45, 2.75) is 11.8 Å². The standard InChI is InChI=1S/C11H14O5S/c1-8-6-9-10(16-4-3-15-9)7-11(8)17(13,14)5-2-12/h6-7,12H,2-5H2,1H3. The van der Waals surface area contributed by atoms with Gasteiger partial charge in [-0.05, 0) is 18.6 Å². The van der Waals surface area contributed by atoms with Gasteiger partial charge in [-0.15, -0.1) is 0 Å². The van der Waals surface area contributed by atoms with Crippen molar-refractivity contribution in [2.75, 3.05) is 25.6 Å². The van der Waals surface area contributed by atoms with E-state index in [1.54, 1.807) is 13.0 Å². The summed E-state index contributed by atoms with van der Waals surface area (Å²) in [6.45, 7) is 2.18. The number of aliphatic hydroxyl groups is 1. The van der Waals surface area contributed by atoms with Gasteiger partial charge in [-0.1, -0.05) is 0 Å². The molecule has 0 aliphatic carbocycles. The summed E-state index contributed by atoms with van der Waals surface area (Å²) in [7, 11) is -3.46. The fraction of sp³-hybridized carbons (Fsp3) is 0.455. The van der Waals surface area contributed by atoms with Gasteiger partial charge in [-0.2, -0.15) is 0 Å². The van der Waals surface area contributed by atoms with E-state index in [2.05, 4.69) is 0 Å². The van der Waals surface area contributed by atoms with Crippen LogP contribution in [-0.4, -0.2) is 39.1 Å². The lowest BCUT2D eigenvalue weighted by atomic mass is 10.2. The van der Waals surface area contributed by atoms with Crippen molar-refractivity contribution in [1.82, 2.24) is 0 Å². The van der Waals surface area contributed by atoms with Crippen LogP contribution in [0.3, 0.4) is 0 Å². The fourth-order valence-electron chi connectivity index (χ4n) is 1.74. The van der Waals surface area contributed by atoms with Crippen LogP contribution in [0, 0.1) is 6.92 Å². The van der Waals surface area contributed by atoms with Gasteiger partial charge in [0, 0.05) is 6.07 Å². The molecule has 1 heterocycles. The number of sulfone groups is 1. The van der Waals surface area contributed by atoms with Crippen LogP contribution in [-0.2, 0) is 9.84 Å². The molecule has 0 fully saturated rings. The Morgan fingerprint density at radius 3 is 2.41 bits per heavy atom. The van der Waals surface area contributed by atoms with Crippen molar-refractivity contribution in [3.05, 3.63) is 17.7 Å². The molecule has 1 aromatic carbocycles. The van der Waals surface area contributed by atoms with Crippen LogP contribution in [0.2, 0.25) is 0 Å². The van der Waals surface area contributed by atoms with Crippen molar-refractivity contribution < 1.29 is 23.0 Å². The number of rotatable bonds is 3. The third-order valence-corrected chi connectivity index (χ3v) is 4.36. The van der Waals surface area contributed by atoms with E-state index in [0.717, 1.165) is 0 Å². The summed E-state index contributed by atoms with van der Waals surface area (Å²) in [6, 6.07) is 3.12. The molecule has 0 saturated carbocycles. The van der Waals surface area contributed by atoms with Gasteiger partial charge in [0.1, 0.15) is 13.2 Å². The molecule has 0 radical (unpaired) electrons. The number of fused-ring (bicyclic) bond motifs is 1. The minimum absolute atomic E-state index is 0.191. The van der Waals surface area contributed by atoms with E-state index in [0.29, 0.717) is 30.3 Å². The normalized spacial score (nSPS) is 14.7. The molecule has 0 bridgehead atoms. The van der Waals surface area contributed by atoms with Crippen LogP contribution >= 0.6 is 0 Å². The molecule has 1 N–H and O–H groups in total. The molecule has 94 valence electrons. The molecule has 1 aromatic rings. The molecular formula is C11H14O5S. The molecule has 1 aliphatic heterocycles. The average Bonchev–Trinajstić information content (AvgIpc) is 2.27. The highest BCUT2D eigenvalue weighted by atomic mass is 32.2. The van der Waals surface area contributed by atoms with E-state index in [4.69, 9.17) is 14.6 Å². The van der Waals surface area contributed by atoms with Gasteiger partial charge < -0.3 is 14.6 Å². The SMILES string of the molecule is Cc1cc2c(cc1S(=O)(=O)CCO)OCCO2. The molecule has 0 spiro atoms. The first kappa shape index (κ1) is 12.2. The Hall–Kier alpha value is -1.27. The Morgan fingerprint density at radius 1 is 1.24 bits per heavy atom. The first-order valence-electron chi connectivity index (χ1n) is 5.28. The van der Waals surface area contributed by atoms with Crippen LogP contribution < -0.4 is 9.47 Å². The zero-order valence-electron chi connectivity index (χ0n) is 9.47. The summed E-state index contributed by atoms with van der Waals surface area (Å²) < 4.78 is 34.5. The van der Waals surface area contributed by atoms with Gasteiger partial charge in [-0.3, -0.25) is 0 Å². The van der Waals surface area contributed by atoms with Crippen molar-refractivity contribution in [2.24, 2.45) is 0 Å². The Morgan fingerprint density at radius 2 is 1.82 bits per heavy atom. The molecule has 2 rings (SSSR count). The van der Waals surface area contributed by atoms with Crippen LogP contribution in [0.15, 0.2) is 17.0 Å². The maximum absolute atomic E-state index is 11.9. The lowest BCUT2D eigenvalue weighted by molar-refractivity contribution is 0.171. The van der Waals surface area contributed by atoms with Crippen LogP contribution in [0.5, 0.6) is 11.5 Å². The van der Waals surface area contributed by atoms with Crippen LogP contribution in [0.4, 0.5) is 0 Å². The summed E-state index contributed by atoms with van der Waals surface area (Å²) in [4.78, 5) is 0.191. The third kappa shape index (κ3) is 2.37. The second-order valence-corrected chi connectivity index (χ2v) is 5.88. The van der Waals surface area contributed by atoms with Gasteiger partial charge >= 0.3 is 0 Å². The van der Waals surface area contributed by atoms with Gasteiger partial charge in [0.15, 0.2) is 21.3 Å². The number of hydrogen-bond acceptors (Lipinski definition) is 5. The molecule has 0 atom stereocenters. The van der Waals surface area contributed by atoms with E-state index in [1.807, 2.05) is 0 Å². The Bertz CT molecular complexity index is 521. The van der Waals surface area contributed by atoms with Crippen LogP contribution in [0.25, 0.3) is 0 Å². The first-order valence-corrected chi connectivity index (χ1v) is 6.93. The second-order valence-electron chi connectivity index (χ2n) is 3.80. The maximum Gasteiger partial charge on any atom is 0.181 e. The quantitative estimate of drug-likeness (QED) is 0.856. The topological polar surface area (TPSA) is 72.8 Å². The molecule has 1 aliphatic rings. The first-order chi connectivity index (χ1) is 8.04. The fourth-order valence-corrected chi connectivity index (χ4v) is 3.03. The molecule has 5 nitrogen and oxygen atoms in total. The predicted octanol–water partition coefficient (Wildman–Crippen LogP) is 0.532. The molecule has 0 unspecified atom stereocenters. The monoisotopic (exact) mass is 258 g/mol. The third-order valence-electron chi connectivity index (χ3n) is 2.53. The Kier molecular flexibility index (Phi) is 3.26. The van der Waals surface area contributed by atoms with E-state index >= 15 is 0 Å². The van der Waals surface area contributed by atoms with Crippen molar-refractivity contribution in [3.63, 3.8) is 0 Å². The molecule has 0 amide bonds. The van der Waals surface area contributed by atoms with Crippen molar-refractivity contribution in [1.29, 1.82) is 0 Å². The molecule has 0 saturated heterocycles. The second kappa shape index (κ2) is 4.54. The number of hydrogen-bond donors (Lipinski definition) is 1. The molecule has 6 heteroatoms. The summed E-state index contributed by atoms with van der Waals surface area (Å²) in [6.07, 6.45) is 0. The largest absolute Gasteiger partial charge is 0.486 e. The molecular weight excluding hydrogens is 244 g/mol. The number of aryl methyl sites for hydroxylation is 1. The lowest BCUT2D eigenvalue weighted by Crippen LogP contribution is -2.17. The number of ether oxygens (including phenoxy) is 2. The van der Waals surface area contributed by atoms with Gasteiger partial charge in [0.2, 0.25) is 0 Å². The highest BCUT2D eigenvalue weighted by Crippen LogP contribution is 2.34. The minimum atomic E-state index is -3.46. The zero-order valence-corrected chi connectivity index (χ0v) is 10.3. The summed E-state index contributed by atoms with van der Waals surface area (Å²) in [5.74, 6) is 0.725. The van der Waals surface area contributed by atoms with E-state index in [-0.39, 0.29) is 10.6 Å². The summed E-state index contributed by atoms with van der Waals surface area (Å²) in [5, 5.41) is 8.76. The van der Waals surface area contributed by atoms with Crippen molar-refractivity contribution >= 4 is 9.84 Å². The van der Waals surface area contributed by atoms with E-state index in [1.165, 1.54) is 6.07 Å². The predicted molar refractivity (Wildman–Crippen MR) is 61.3 cm³/mol. The Labute approximate surface area is 99.9 Å². The van der Waals surface area contributed by atoms with Crippen molar-refractivity contribution in [3.8, 4) is 11.5 Å². The van der Waals surface area contributed by atoms with Gasteiger partial charge in [0.05, 0.1) is 17.3 Å². The molecule has 17 heavy (non-hydrogen) atoms. The number of aliphatic hydroxyl groups excluding tert-OH is 1. The number of benzene rings is 1. The average molecular weight is 258 g/mol. The smallest absolute Gasteiger partial charge is 0.181 e. The maximum atomic E-state index is 11.9. The summed E-state index contributed by atoms with van der Waals surface area (Å²) in [5.41, 5.74) is 0.600. The summed E-state index contributed by atoms with van der Waals surface area (Å²) >= 11 is 0. The molecule has 0 aromatic heterocycles. The van der Waals surface area contributed by atoms with Gasteiger partial charge in [0.25, 0.3) is 0 Å². The highest BCUT2D eigenvalue weighted by Gasteiger charge is 2.21. The lowest BCUT2D eigenvalue weighted by Gasteiger charge is -2.20. The zero-order chi connectivity index (χ0) is 12.5. The minimum Gasteiger partial charge on any atom is -0.486 e. The highest BCUT2D eigenvalue weighted by molar-refractivity contribution is 7.91. The van der Waals surface area contributed by atoms with E-state index in [9.17, 15) is 8.42 Å². The van der Waals surface area contributed by atoms with Gasteiger partial charge in [-0.25, -0.2) is 8.42 Å².